The van der Waals surface area contributed by atoms with Gasteiger partial charge in [-0.2, -0.15) is 0 Å². The first kappa shape index (κ1) is 15.4. The van der Waals surface area contributed by atoms with Crippen LogP contribution in [-0.2, 0) is 6.42 Å². The summed E-state index contributed by atoms with van der Waals surface area (Å²) in [5.74, 6) is 0. The molecule has 2 aromatic rings. The molecule has 0 bridgehead atoms. The van der Waals surface area contributed by atoms with Crippen LogP contribution < -0.4 is 5.32 Å². The number of likely N-dealkylation sites (N-methyl/N-ethyl adjacent to an activating group) is 1. The fourth-order valence-electron chi connectivity index (χ4n) is 2.58. The molecule has 0 radical (unpaired) electrons. The van der Waals surface area contributed by atoms with E-state index < -0.39 is 0 Å². The standard InChI is InChI=1S/C17H19Cl2N/c1-11-7-12(2)9-13(8-11)10-16(20-3)14-5-4-6-15(18)17(14)19/h4-9,16,20H,10H2,1-3H3. The molecule has 106 valence electrons. The lowest BCUT2D eigenvalue weighted by Crippen LogP contribution is -2.19. The first-order valence-electron chi connectivity index (χ1n) is 6.69. The largest absolute Gasteiger partial charge is 0.313 e. The molecular weight excluding hydrogens is 289 g/mol. The summed E-state index contributed by atoms with van der Waals surface area (Å²) in [5.41, 5.74) is 4.91. The molecule has 2 rings (SSSR count). The Bertz CT molecular complexity index is 588. The van der Waals surface area contributed by atoms with Gasteiger partial charge in [0.2, 0.25) is 0 Å². The van der Waals surface area contributed by atoms with Crippen LogP contribution in [0.15, 0.2) is 36.4 Å². The zero-order valence-corrected chi connectivity index (χ0v) is 13.5. The number of rotatable bonds is 4. The molecule has 0 saturated heterocycles. The van der Waals surface area contributed by atoms with Gasteiger partial charge in [-0.25, -0.2) is 0 Å². The van der Waals surface area contributed by atoms with Crippen LogP contribution in [0.3, 0.4) is 0 Å². The van der Waals surface area contributed by atoms with Gasteiger partial charge in [-0.15, -0.1) is 0 Å². The summed E-state index contributed by atoms with van der Waals surface area (Å²) >= 11 is 12.4. The zero-order chi connectivity index (χ0) is 14.7. The predicted octanol–water partition coefficient (Wildman–Crippen LogP) is 5.11. The maximum atomic E-state index is 6.32. The Hall–Kier alpha value is -1.02. The van der Waals surface area contributed by atoms with Gasteiger partial charge >= 0.3 is 0 Å². The highest BCUT2D eigenvalue weighted by Crippen LogP contribution is 2.31. The van der Waals surface area contributed by atoms with Crippen molar-refractivity contribution in [3.05, 3.63) is 68.7 Å². The average molecular weight is 308 g/mol. The van der Waals surface area contributed by atoms with Crippen LogP contribution >= 0.6 is 23.2 Å². The fourth-order valence-corrected chi connectivity index (χ4v) is 3.02. The van der Waals surface area contributed by atoms with E-state index >= 15 is 0 Å². The van der Waals surface area contributed by atoms with Gasteiger partial charge in [-0.1, -0.05) is 64.7 Å². The van der Waals surface area contributed by atoms with Crippen molar-refractivity contribution in [2.24, 2.45) is 0 Å². The summed E-state index contributed by atoms with van der Waals surface area (Å²) in [4.78, 5) is 0. The Morgan fingerprint density at radius 1 is 1.05 bits per heavy atom. The zero-order valence-electron chi connectivity index (χ0n) is 12.0. The molecule has 1 nitrogen and oxygen atoms in total. The van der Waals surface area contributed by atoms with E-state index in [1.807, 2.05) is 25.2 Å². The van der Waals surface area contributed by atoms with Gasteiger partial charge in [0.05, 0.1) is 10.0 Å². The molecule has 0 aliphatic heterocycles. The molecule has 0 amide bonds. The topological polar surface area (TPSA) is 12.0 Å². The summed E-state index contributed by atoms with van der Waals surface area (Å²) in [6, 6.07) is 12.6. The van der Waals surface area contributed by atoms with Gasteiger partial charge in [0.15, 0.2) is 0 Å². The van der Waals surface area contributed by atoms with Crippen LogP contribution in [0, 0.1) is 13.8 Å². The molecule has 1 N–H and O–H groups in total. The third-order valence-electron chi connectivity index (χ3n) is 3.43. The molecule has 0 fully saturated rings. The maximum Gasteiger partial charge on any atom is 0.0640 e. The Labute approximate surface area is 130 Å². The van der Waals surface area contributed by atoms with E-state index in [9.17, 15) is 0 Å². The molecule has 0 aliphatic carbocycles. The number of halogens is 2. The minimum Gasteiger partial charge on any atom is -0.313 e. The first-order chi connectivity index (χ1) is 9.51. The third-order valence-corrected chi connectivity index (χ3v) is 4.26. The fraction of sp³-hybridized carbons (Fsp3) is 0.294. The van der Waals surface area contributed by atoms with Crippen molar-refractivity contribution < 1.29 is 0 Å². The van der Waals surface area contributed by atoms with Crippen LogP contribution in [0.4, 0.5) is 0 Å². The van der Waals surface area contributed by atoms with Crippen molar-refractivity contribution in [1.82, 2.24) is 5.32 Å². The summed E-state index contributed by atoms with van der Waals surface area (Å²) in [5, 5.41) is 4.57. The van der Waals surface area contributed by atoms with Crippen LogP contribution in [0.1, 0.15) is 28.3 Å². The quantitative estimate of drug-likeness (QED) is 0.827. The SMILES string of the molecule is CNC(Cc1cc(C)cc(C)c1)c1cccc(Cl)c1Cl. The summed E-state index contributed by atoms with van der Waals surface area (Å²) < 4.78 is 0. The number of aryl methyl sites for hydroxylation is 2. The van der Waals surface area contributed by atoms with Gasteiger partial charge in [0, 0.05) is 6.04 Å². The molecule has 0 aromatic heterocycles. The Morgan fingerprint density at radius 3 is 2.30 bits per heavy atom. The normalized spacial score (nSPS) is 12.4. The average Bonchev–Trinajstić information content (AvgIpc) is 2.38. The molecule has 0 heterocycles. The highest BCUT2D eigenvalue weighted by atomic mass is 35.5. The summed E-state index contributed by atoms with van der Waals surface area (Å²) in [7, 11) is 1.95. The van der Waals surface area contributed by atoms with E-state index in [1.165, 1.54) is 16.7 Å². The molecule has 2 aromatic carbocycles. The van der Waals surface area contributed by atoms with E-state index in [-0.39, 0.29) is 6.04 Å². The second kappa shape index (κ2) is 6.62. The number of benzene rings is 2. The van der Waals surface area contributed by atoms with Crippen LogP contribution in [0.5, 0.6) is 0 Å². The van der Waals surface area contributed by atoms with Crippen molar-refractivity contribution in [3.63, 3.8) is 0 Å². The molecule has 0 spiro atoms. The highest BCUT2D eigenvalue weighted by Gasteiger charge is 2.15. The first-order valence-corrected chi connectivity index (χ1v) is 7.45. The number of nitrogens with one attached hydrogen (secondary N) is 1. The van der Waals surface area contributed by atoms with E-state index in [0.29, 0.717) is 10.0 Å². The minimum atomic E-state index is 0.155. The molecule has 0 saturated carbocycles. The van der Waals surface area contributed by atoms with Gasteiger partial charge < -0.3 is 5.32 Å². The van der Waals surface area contributed by atoms with Crippen molar-refractivity contribution >= 4 is 23.2 Å². The summed E-state index contributed by atoms with van der Waals surface area (Å²) in [6.07, 6.45) is 0.888. The molecule has 3 heteroatoms. The van der Waals surface area contributed by atoms with Gasteiger partial charge in [-0.05, 0) is 44.5 Å². The Kier molecular flexibility index (Phi) is 5.09. The molecule has 1 unspecified atom stereocenters. The Balaban J connectivity index is 2.31. The van der Waals surface area contributed by atoms with Crippen molar-refractivity contribution in [1.29, 1.82) is 0 Å². The van der Waals surface area contributed by atoms with Gasteiger partial charge in [0.25, 0.3) is 0 Å². The second-order valence-corrected chi connectivity index (χ2v) is 5.97. The smallest absolute Gasteiger partial charge is 0.0640 e. The monoisotopic (exact) mass is 307 g/mol. The van der Waals surface area contributed by atoms with Crippen molar-refractivity contribution in [2.75, 3.05) is 7.05 Å². The second-order valence-electron chi connectivity index (χ2n) is 5.18. The maximum absolute atomic E-state index is 6.32. The summed E-state index contributed by atoms with van der Waals surface area (Å²) in [6.45, 7) is 4.24. The van der Waals surface area contributed by atoms with Gasteiger partial charge in [-0.3, -0.25) is 0 Å². The van der Waals surface area contributed by atoms with Crippen LogP contribution in [0.2, 0.25) is 10.0 Å². The van der Waals surface area contributed by atoms with Gasteiger partial charge in [0.1, 0.15) is 0 Å². The highest BCUT2D eigenvalue weighted by molar-refractivity contribution is 6.42. The third kappa shape index (κ3) is 3.54. The number of hydrogen-bond acceptors (Lipinski definition) is 1. The van der Waals surface area contributed by atoms with Crippen LogP contribution in [0.25, 0.3) is 0 Å². The Morgan fingerprint density at radius 2 is 1.70 bits per heavy atom. The molecular formula is C17H19Cl2N. The van der Waals surface area contributed by atoms with Crippen molar-refractivity contribution in [2.45, 2.75) is 26.3 Å². The van der Waals surface area contributed by atoms with Crippen LogP contribution in [-0.4, -0.2) is 7.05 Å². The molecule has 0 aliphatic rings. The lowest BCUT2D eigenvalue weighted by molar-refractivity contribution is 0.592. The lowest BCUT2D eigenvalue weighted by atomic mass is 9.96. The van der Waals surface area contributed by atoms with Crippen molar-refractivity contribution in [3.8, 4) is 0 Å². The predicted molar refractivity (Wildman–Crippen MR) is 87.9 cm³/mol. The lowest BCUT2D eigenvalue weighted by Gasteiger charge is -2.19. The van der Waals surface area contributed by atoms with E-state index in [2.05, 4.69) is 37.4 Å². The van der Waals surface area contributed by atoms with E-state index in [4.69, 9.17) is 23.2 Å². The molecule has 20 heavy (non-hydrogen) atoms. The molecule has 1 atom stereocenters. The van der Waals surface area contributed by atoms with E-state index in [0.717, 1.165) is 12.0 Å². The van der Waals surface area contributed by atoms with E-state index in [1.54, 1.807) is 0 Å². The number of hydrogen-bond donors (Lipinski definition) is 1. The minimum absolute atomic E-state index is 0.155.